The molecule has 0 atom stereocenters. The number of hydrogen-bond donors (Lipinski definition) is 1. The summed E-state index contributed by atoms with van der Waals surface area (Å²) in [6, 6.07) is 4.57. The maximum absolute atomic E-state index is 10.9. The van der Waals surface area contributed by atoms with Crippen LogP contribution >= 0.6 is 0 Å². The Morgan fingerprint density at radius 2 is 2.29 bits per heavy atom. The molecule has 0 saturated carbocycles. The first-order valence-corrected chi connectivity index (χ1v) is 6.55. The zero-order valence-electron chi connectivity index (χ0n) is 11.9. The van der Waals surface area contributed by atoms with Gasteiger partial charge in [0.2, 0.25) is 0 Å². The highest BCUT2D eigenvalue weighted by Crippen LogP contribution is 2.24. The van der Waals surface area contributed by atoms with Crippen LogP contribution in [0, 0.1) is 10.1 Å². The summed E-state index contributed by atoms with van der Waals surface area (Å²) in [5, 5.41) is 18.0. The van der Waals surface area contributed by atoms with Gasteiger partial charge >= 0.3 is 0 Å². The number of ether oxygens (including phenoxy) is 1. The van der Waals surface area contributed by atoms with Gasteiger partial charge in [-0.2, -0.15) is 5.10 Å². The third kappa shape index (κ3) is 3.76. The van der Waals surface area contributed by atoms with E-state index < -0.39 is 4.92 Å². The van der Waals surface area contributed by atoms with Crippen LogP contribution in [0.2, 0.25) is 0 Å². The van der Waals surface area contributed by atoms with Crippen LogP contribution in [0.5, 0.6) is 5.75 Å². The first-order chi connectivity index (χ1) is 10.1. The Hall–Kier alpha value is -2.48. The number of nitro groups is 1. The van der Waals surface area contributed by atoms with E-state index in [4.69, 9.17) is 4.74 Å². The highest BCUT2D eigenvalue weighted by atomic mass is 16.6. The number of hydrogen-bond acceptors (Lipinski definition) is 6. The van der Waals surface area contributed by atoms with Crippen LogP contribution in [0.3, 0.4) is 0 Å². The molecule has 1 aromatic carbocycles. The largest absolute Gasteiger partial charge is 0.485 e. The summed E-state index contributed by atoms with van der Waals surface area (Å²) in [6.07, 6.45) is 1.45. The molecular weight excluding hydrogens is 274 g/mol. The highest BCUT2D eigenvalue weighted by Gasteiger charge is 2.12. The Morgan fingerprint density at radius 3 is 2.90 bits per heavy atom. The predicted molar refractivity (Wildman–Crippen MR) is 75.8 cm³/mol. The summed E-state index contributed by atoms with van der Waals surface area (Å²) >= 11 is 0. The van der Waals surface area contributed by atoms with E-state index in [9.17, 15) is 10.1 Å². The Bertz CT molecular complexity index is 626. The second-order valence-electron chi connectivity index (χ2n) is 4.42. The molecule has 0 aliphatic rings. The molecule has 8 heteroatoms. The number of aryl methyl sites for hydroxylation is 1. The van der Waals surface area contributed by atoms with Crippen molar-refractivity contribution in [3.8, 4) is 5.75 Å². The Balaban J connectivity index is 2.16. The van der Waals surface area contributed by atoms with E-state index in [1.807, 2.05) is 6.92 Å². The molecule has 2 rings (SSSR count). The topological polar surface area (TPSA) is 95.1 Å². The molecule has 112 valence electrons. The van der Waals surface area contributed by atoms with Gasteiger partial charge in [-0.3, -0.25) is 14.8 Å². The smallest absolute Gasteiger partial charge is 0.270 e. The third-order valence-electron chi connectivity index (χ3n) is 2.98. The molecule has 8 nitrogen and oxygen atoms in total. The van der Waals surface area contributed by atoms with Gasteiger partial charge in [-0.05, 0) is 12.6 Å². The van der Waals surface area contributed by atoms with Crippen LogP contribution in [0.15, 0.2) is 24.5 Å². The summed E-state index contributed by atoms with van der Waals surface area (Å²) in [7, 11) is 1.78. The second kappa shape index (κ2) is 6.80. The lowest BCUT2D eigenvalue weighted by Crippen LogP contribution is -2.13. The van der Waals surface area contributed by atoms with Crippen LogP contribution < -0.4 is 10.1 Å². The van der Waals surface area contributed by atoms with E-state index in [2.05, 4.69) is 15.4 Å². The van der Waals surface area contributed by atoms with E-state index in [-0.39, 0.29) is 12.3 Å². The van der Waals surface area contributed by atoms with Crippen LogP contribution in [-0.2, 0) is 20.2 Å². The maximum Gasteiger partial charge on any atom is 0.270 e. The van der Waals surface area contributed by atoms with Gasteiger partial charge in [0.15, 0.2) is 5.82 Å². The quantitative estimate of drug-likeness (QED) is 0.612. The summed E-state index contributed by atoms with van der Waals surface area (Å²) < 4.78 is 7.33. The van der Waals surface area contributed by atoms with Gasteiger partial charge in [0, 0.05) is 31.3 Å². The van der Waals surface area contributed by atoms with Crippen molar-refractivity contribution < 1.29 is 9.66 Å². The fourth-order valence-corrected chi connectivity index (χ4v) is 1.81. The van der Waals surface area contributed by atoms with E-state index >= 15 is 0 Å². The molecule has 0 unspecified atom stereocenters. The van der Waals surface area contributed by atoms with Crippen LogP contribution in [0.25, 0.3) is 0 Å². The molecule has 1 N–H and O–H groups in total. The molecular formula is C13H17N5O3. The third-order valence-corrected chi connectivity index (χ3v) is 2.98. The Morgan fingerprint density at radius 1 is 1.48 bits per heavy atom. The van der Waals surface area contributed by atoms with Crippen LogP contribution in [-0.4, -0.2) is 26.2 Å². The van der Waals surface area contributed by atoms with Crippen LogP contribution in [0.1, 0.15) is 18.3 Å². The van der Waals surface area contributed by atoms with Crippen molar-refractivity contribution in [3.63, 3.8) is 0 Å². The first-order valence-electron chi connectivity index (χ1n) is 6.55. The van der Waals surface area contributed by atoms with E-state index in [1.165, 1.54) is 18.5 Å². The number of benzene rings is 1. The molecule has 0 spiro atoms. The summed E-state index contributed by atoms with van der Waals surface area (Å²) in [6.45, 7) is 3.50. The average molecular weight is 291 g/mol. The van der Waals surface area contributed by atoms with Crippen molar-refractivity contribution in [1.82, 2.24) is 20.1 Å². The molecule has 1 aromatic heterocycles. The number of non-ortho nitro benzene ring substituents is 1. The molecule has 0 saturated heterocycles. The van der Waals surface area contributed by atoms with E-state index in [0.29, 0.717) is 18.1 Å². The van der Waals surface area contributed by atoms with Gasteiger partial charge in [-0.1, -0.05) is 6.92 Å². The number of nitrogens with one attached hydrogen (secondary N) is 1. The zero-order valence-corrected chi connectivity index (χ0v) is 11.9. The number of nitro benzene ring substituents is 1. The SMILES string of the molecule is CCNCc1cc([N+](=O)[O-])ccc1OCc1ncnn1C. The summed E-state index contributed by atoms with van der Waals surface area (Å²) in [4.78, 5) is 14.5. The number of rotatable bonds is 7. The Labute approximate surface area is 121 Å². The minimum absolute atomic E-state index is 0.0499. The minimum atomic E-state index is -0.415. The fourth-order valence-electron chi connectivity index (χ4n) is 1.81. The fraction of sp³-hybridized carbons (Fsp3) is 0.385. The van der Waals surface area contributed by atoms with E-state index in [0.717, 1.165) is 12.1 Å². The van der Waals surface area contributed by atoms with Crippen molar-refractivity contribution >= 4 is 5.69 Å². The normalized spacial score (nSPS) is 10.6. The van der Waals surface area contributed by atoms with E-state index in [1.54, 1.807) is 17.8 Å². The van der Waals surface area contributed by atoms with Crippen molar-refractivity contribution in [3.05, 3.63) is 46.0 Å². The van der Waals surface area contributed by atoms with Gasteiger partial charge in [-0.25, -0.2) is 4.98 Å². The number of aromatic nitrogens is 3. The van der Waals surface area contributed by atoms with Crippen molar-refractivity contribution in [1.29, 1.82) is 0 Å². The molecule has 0 radical (unpaired) electrons. The van der Waals surface area contributed by atoms with Gasteiger partial charge in [0.1, 0.15) is 18.7 Å². The van der Waals surface area contributed by atoms with Gasteiger partial charge < -0.3 is 10.1 Å². The van der Waals surface area contributed by atoms with Crippen molar-refractivity contribution in [2.45, 2.75) is 20.1 Å². The molecule has 0 fully saturated rings. The predicted octanol–water partition coefficient (Wildman–Crippen LogP) is 1.41. The van der Waals surface area contributed by atoms with Crippen LogP contribution in [0.4, 0.5) is 5.69 Å². The number of nitrogens with zero attached hydrogens (tertiary/aromatic N) is 4. The molecule has 21 heavy (non-hydrogen) atoms. The molecule has 0 aliphatic heterocycles. The average Bonchev–Trinajstić information content (AvgIpc) is 2.88. The minimum Gasteiger partial charge on any atom is -0.485 e. The van der Waals surface area contributed by atoms with Crippen molar-refractivity contribution in [2.24, 2.45) is 7.05 Å². The highest BCUT2D eigenvalue weighted by molar-refractivity contribution is 5.43. The lowest BCUT2D eigenvalue weighted by Gasteiger charge is -2.11. The first kappa shape index (κ1) is 14.9. The molecule has 2 aromatic rings. The summed E-state index contributed by atoms with van der Waals surface area (Å²) in [5.74, 6) is 1.28. The van der Waals surface area contributed by atoms with Crippen molar-refractivity contribution in [2.75, 3.05) is 6.54 Å². The molecule has 0 amide bonds. The molecule has 0 aliphatic carbocycles. The maximum atomic E-state index is 10.9. The monoisotopic (exact) mass is 291 g/mol. The zero-order chi connectivity index (χ0) is 15.2. The molecule has 0 bridgehead atoms. The van der Waals surface area contributed by atoms with Gasteiger partial charge in [-0.15, -0.1) is 0 Å². The standard InChI is InChI=1S/C13H17N5O3/c1-3-14-7-10-6-11(18(19)20)4-5-12(10)21-8-13-15-9-16-17(13)2/h4-6,9,14H,3,7-8H2,1-2H3. The lowest BCUT2D eigenvalue weighted by atomic mass is 10.1. The second-order valence-corrected chi connectivity index (χ2v) is 4.42. The van der Waals surface area contributed by atoms with Gasteiger partial charge in [0.25, 0.3) is 5.69 Å². The molecule has 1 heterocycles. The Kier molecular flexibility index (Phi) is 4.83. The van der Waals surface area contributed by atoms with Gasteiger partial charge in [0.05, 0.1) is 4.92 Å². The lowest BCUT2D eigenvalue weighted by molar-refractivity contribution is -0.384. The summed E-state index contributed by atoms with van der Waals surface area (Å²) in [5.41, 5.74) is 0.794.